The van der Waals surface area contributed by atoms with Gasteiger partial charge in [-0.3, -0.25) is 19.3 Å². The van der Waals surface area contributed by atoms with E-state index in [9.17, 15) is 24.6 Å². The predicted molar refractivity (Wildman–Crippen MR) is 148 cm³/mol. The fraction of sp³-hybridized carbons (Fsp3) is 0.700. The summed E-state index contributed by atoms with van der Waals surface area (Å²) < 4.78 is 5.73. The molecular weight excluding hydrogens is 498 g/mol. The normalized spacial score (nSPS) is 22.8. The molecule has 216 valence electrons. The number of hydrogen-bond donors (Lipinski definition) is 2. The van der Waals surface area contributed by atoms with Gasteiger partial charge in [-0.2, -0.15) is 0 Å². The predicted octanol–water partition coefficient (Wildman–Crippen LogP) is 3.02. The lowest BCUT2D eigenvalue weighted by Crippen LogP contribution is -2.45. The number of benzene rings is 1. The fourth-order valence-corrected chi connectivity index (χ4v) is 6.50. The van der Waals surface area contributed by atoms with Crippen molar-refractivity contribution in [1.82, 2.24) is 14.7 Å². The minimum atomic E-state index is -0.885. The molecule has 0 bridgehead atoms. The molecule has 1 aromatic rings. The van der Waals surface area contributed by atoms with Gasteiger partial charge in [0.1, 0.15) is 5.75 Å². The summed E-state index contributed by atoms with van der Waals surface area (Å²) in [5, 5.41) is 20.5. The lowest BCUT2D eigenvalue weighted by atomic mass is 9.82. The van der Waals surface area contributed by atoms with Crippen molar-refractivity contribution < 1.29 is 29.3 Å². The Kier molecular flexibility index (Phi) is 10.2. The zero-order valence-corrected chi connectivity index (χ0v) is 23.6. The van der Waals surface area contributed by atoms with Crippen LogP contribution in [-0.2, 0) is 27.4 Å². The van der Waals surface area contributed by atoms with Gasteiger partial charge in [-0.15, -0.1) is 0 Å². The number of amides is 2. The minimum Gasteiger partial charge on any atom is -0.493 e. The average molecular weight is 544 g/mol. The Balaban J connectivity index is 1.62. The summed E-state index contributed by atoms with van der Waals surface area (Å²) in [4.78, 5) is 44.5. The second-order valence-corrected chi connectivity index (χ2v) is 11.3. The van der Waals surface area contributed by atoms with Crippen LogP contribution in [0.15, 0.2) is 12.1 Å². The van der Waals surface area contributed by atoms with E-state index in [1.54, 1.807) is 0 Å². The molecule has 0 saturated carbocycles. The molecule has 39 heavy (non-hydrogen) atoms. The quantitative estimate of drug-likeness (QED) is 0.371. The van der Waals surface area contributed by atoms with Gasteiger partial charge in [-0.1, -0.05) is 32.8 Å². The molecule has 0 radical (unpaired) electrons. The maximum absolute atomic E-state index is 13.6. The molecule has 3 heterocycles. The van der Waals surface area contributed by atoms with Crippen LogP contribution < -0.4 is 4.74 Å². The number of carbonyl (C=O) groups excluding carboxylic acids is 2. The summed E-state index contributed by atoms with van der Waals surface area (Å²) in [5.74, 6) is -1.06. The number of fused-ring (bicyclic) bond motifs is 1. The van der Waals surface area contributed by atoms with Gasteiger partial charge >= 0.3 is 5.97 Å². The van der Waals surface area contributed by atoms with E-state index in [0.29, 0.717) is 63.5 Å². The number of nitrogens with zero attached hydrogens (tertiary/aromatic N) is 3. The van der Waals surface area contributed by atoms with Gasteiger partial charge in [0.25, 0.3) is 0 Å². The molecule has 1 aromatic carbocycles. The molecule has 4 rings (SSSR count). The van der Waals surface area contributed by atoms with Gasteiger partial charge in [0.2, 0.25) is 11.8 Å². The molecule has 9 heteroatoms. The maximum Gasteiger partial charge on any atom is 0.308 e. The molecule has 0 aromatic heterocycles. The molecule has 2 amide bonds. The Morgan fingerprint density at radius 2 is 1.87 bits per heavy atom. The van der Waals surface area contributed by atoms with Gasteiger partial charge in [-0.05, 0) is 42.9 Å². The third kappa shape index (κ3) is 6.74. The van der Waals surface area contributed by atoms with Gasteiger partial charge in [0, 0.05) is 63.1 Å². The number of carboxylic acids is 1. The molecule has 2 fully saturated rings. The first-order valence-corrected chi connectivity index (χ1v) is 14.8. The Morgan fingerprint density at radius 3 is 2.49 bits per heavy atom. The highest BCUT2D eigenvalue weighted by atomic mass is 16.5. The summed E-state index contributed by atoms with van der Waals surface area (Å²) >= 11 is 0. The van der Waals surface area contributed by atoms with Crippen LogP contribution in [0.25, 0.3) is 0 Å². The number of rotatable bonds is 14. The van der Waals surface area contributed by atoms with Crippen molar-refractivity contribution in [1.29, 1.82) is 0 Å². The Bertz CT molecular complexity index is 1020. The number of aliphatic carboxylic acids is 1. The monoisotopic (exact) mass is 543 g/mol. The number of unbranched alkanes of at least 4 members (excludes halogenated alkanes) is 2. The number of aliphatic hydroxyl groups excluding tert-OH is 1. The highest BCUT2D eigenvalue weighted by molar-refractivity contribution is 5.79. The number of aliphatic hydroxyl groups is 1. The van der Waals surface area contributed by atoms with Crippen molar-refractivity contribution in [3.05, 3.63) is 28.8 Å². The molecule has 2 N–H and O–H groups in total. The van der Waals surface area contributed by atoms with Crippen LogP contribution in [0.4, 0.5) is 0 Å². The van der Waals surface area contributed by atoms with Crippen molar-refractivity contribution in [3.8, 4) is 5.75 Å². The molecule has 9 nitrogen and oxygen atoms in total. The molecule has 0 spiro atoms. The van der Waals surface area contributed by atoms with E-state index in [-0.39, 0.29) is 36.9 Å². The second kappa shape index (κ2) is 13.6. The molecule has 3 aliphatic rings. The highest BCUT2D eigenvalue weighted by Gasteiger charge is 2.47. The first kappa shape index (κ1) is 29.3. The van der Waals surface area contributed by atoms with Crippen molar-refractivity contribution >= 4 is 17.8 Å². The van der Waals surface area contributed by atoms with Crippen molar-refractivity contribution in [3.63, 3.8) is 0 Å². The lowest BCUT2D eigenvalue weighted by molar-refractivity contribution is -0.144. The van der Waals surface area contributed by atoms with Gasteiger partial charge < -0.3 is 24.7 Å². The number of ether oxygens (including phenoxy) is 1. The van der Waals surface area contributed by atoms with Crippen molar-refractivity contribution in [2.24, 2.45) is 5.92 Å². The number of carbonyl (C=O) groups is 3. The smallest absolute Gasteiger partial charge is 0.308 e. The third-order valence-corrected chi connectivity index (χ3v) is 8.64. The number of hydrogen-bond acceptors (Lipinski definition) is 6. The summed E-state index contributed by atoms with van der Waals surface area (Å²) in [5.41, 5.74) is 2.56. The van der Waals surface area contributed by atoms with Crippen molar-refractivity contribution in [2.75, 3.05) is 45.9 Å². The van der Waals surface area contributed by atoms with Gasteiger partial charge in [0.05, 0.1) is 25.7 Å². The molecular formula is C30H45N3O6. The Morgan fingerprint density at radius 1 is 1.13 bits per heavy atom. The summed E-state index contributed by atoms with van der Waals surface area (Å²) in [6.45, 7) is 7.86. The van der Waals surface area contributed by atoms with E-state index in [4.69, 9.17) is 4.74 Å². The Labute approximate surface area is 232 Å². The topological polar surface area (TPSA) is 111 Å². The van der Waals surface area contributed by atoms with E-state index in [0.717, 1.165) is 49.7 Å². The molecule has 3 atom stereocenters. The average Bonchev–Trinajstić information content (AvgIpc) is 3.65. The van der Waals surface area contributed by atoms with Crippen LogP contribution in [0.5, 0.6) is 5.75 Å². The number of likely N-dealkylation sites (tertiary alicyclic amines) is 2. The first-order valence-electron chi connectivity index (χ1n) is 14.8. The van der Waals surface area contributed by atoms with Crippen LogP contribution in [-0.4, -0.2) is 94.6 Å². The van der Waals surface area contributed by atoms with Crippen LogP contribution in [0.1, 0.15) is 81.4 Å². The van der Waals surface area contributed by atoms with Crippen molar-refractivity contribution in [2.45, 2.75) is 83.8 Å². The zero-order valence-electron chi connectivity index (χ0n) is 23.6. The van der Waals surface area contributed by atoms with E-state index in [2.05, 4.69) is 18.7 Å². The van der Waals surface area contributed by atoms with Gasteiger partial charge in [-0.25, -0.2) is 0 Å². The van der Waals surface area contributed by atoms with E-state index in [1.807, 2.05) is 21.9 Å². The lowest BCUT2D eigenvalue weighted by Gasteiger charge is -2.30. The third-order valence-electron chi connectivity index (χ3n) is 8.64. The SMILES string of the molecule is CCCCN(CCCC)C(=O)CN1C[C@H](c2cc(CO)c3c(c2)CCO3)[C@@H](C(=O)O)[C@@H]1CCN1CCCC1=O. The van der Waals surface area contributed by atoms with Crippen LogP contribution >= 0.6 is 0 Å². The zero-order chi connectivity index (χ0) is 27.9. The summed E-state index contributed by atoms with van der Waals surface area (Å²) in [6, 6.07) is 3.54. The summed E-state index contributed by atoms with van der Waals surface area (Å²) in [6.07, 6.45) is 6.51. The molecule has 0 aliphatic carbocycles. The standard InChI is InChI=1S/C30H45N3O6/c1-3-5-11-31(12-6-4-2)27(36)19-33-18-24(22-16-21-10-15-39-29(21)23(17-22)20-34)28(30(37)38)25(33)9-14-32-13-7-8-26(32)35/h16-17,24-25,28,34H,3-15,18-20H2,1-2H3,(H,37,38)/t24-,25+,28-/m1/s1. The summed E-state index contributed by atoms with van der Waals surface area (Å²) in [7, 11) is 0. The highest BCUT2D eigenvalue weighted by Crippen LogP contribution is 2.42. The number of carboxylic acid groups (broad SMARTS) is 1. The van der Waals surface area contributed by atoms with Crippen LogP contribution in [0, 0.1) is 5.92 Å². The molecule has 2 saturated heterocycles. The largest absolute Gasteiger partial charge is 0.493 e. The van der Waals surface area contributed by atoms with Crippen LogP contribution in [0.3, 0.4) is 0 Å². The molecule has 3 aliphatic heterocycles. The van der Waals surface area contributed by atoms with Crippen LogP contribution in [0.2, 0.25) is 0 Å². The Hall–Kier alpha value is -2.65. The van der Waals surface area contributed by atoms with Gasteiger partial charge in [0.15, 0.2) is 0 Å². The second-order valence-electron chi connectivity index (χ2n) is 11.3. The van der Waals surface area contributed by atoms with E-state index >= 15 is 0 Å². The fourth-order valence-electron chi connectivity index (χ4n) is 6.50. The first-order chi connectivity index (χ1) is 18.9. The van der Waals surface area contributed by atoms with E-state index in [1.165, 1.54) is 0 Å². The maximum atomic E-state index is 13.6. The minimum absolute atomic E-state index is 0.0438. The van der Waals surface area contributed by atoms with E-state index < -0.39 is 11.9 Å². The molecule has 0 unspecified atom stereocenters.